The number of furan rings is 1. The van der Waals surface area contributed by atoms with Crippen LogP contribution in [0.1, 0.15) is 16.9 Å². The van der Waals surface area contributed by atoms with Gasteiger partial charge in [-0.2, -0.15) is 0 Å². The number of para-hydroxylation sites is 1. The van der Waals surface area contributed by atoms with Gasteiger partial charge in [-0.15, -0.1) is 0 Å². The minimum absolute atomic E-state index is 0.414. The van der Waals surface area contributed by atoms with Crippen molar-refractivity contribution in [3.8, 4) is 0 Å². The van der Waals surface area contributed by atoms with Gasteiger partial charge in [0.2, 0.25) is 0 Å². The van der Waals surface area contributed by atoms with Gasteiger partial charge in [-0.05, 0) is 17.7 Å². The van der Waals surface area contributed by atoms with E-state index < -0.39 is 0 Å². The molecule has 3 aromatic carbocycles. The fourth-order valence-electron chi connectivity index (χ4n) is 2.68. The Bertz CT molecular complexity index is 955. The average Bonchev–Trinajstić information content (AvgIpc) is 3.10. The highest BCUT2D eigenvalue weighted by Gasteiger charge is 2.13. The van der Waals surface area contributed by atoms with Crippen LogP contribution in [0.4, 0.5) is 0 Å². The maximum absolute atomic E-state index is 5.98. The monoisotopic (exact) mass is 327 g/mol. The summed E-state index contributed by atoms with van der Waals surface area (Å²) in [6.45, 7) is 0.414. The fraction of sp³-hybridized carbons (Fsp3) is 0.0455. The Hall–Kier alpha value is -3.33. The first-order valence-corrected chi connectivity index (χ1v) is 8.18. The van der Waals surface area contributed by atoms with Crippen molar-refractivity contribution < 1.29 is 9.25 Å². The largest absolute Gasteiger partial charge is 0.454 e. The molecule has 0 amide bonds. The highest BCUT2D eigenvalue weighted by molar-refractivity contribution is 6.12. The summed E-state index contributed by atoms with van der Waals surface area (Å²) in [5, 5.41) is 5.42. The summed E-state index contributed by atoms with van der Waals surface area (Å²) in [6, 6.07) is 29.8. The molecule has 25 heavy (non-hydrogen) atoms. The SMILES string of the molecule is c1ccc(CO/N=C(\c2ccccc2)c2cc3ccccc3o2)cc1. The number of hydrogen-bond acceptors (Lipinski definition) is 3. The molecule has 4 aromatic rings. The van der Waals surface area contributed by atoms with Crippen LogP contribution in [0.2, 0.25) is 0 Å². The highest BCUT2D eigenvalue weighted by atomic mass is 16.6. The molecule has 0 saturated heterocycles. The molecule has 0 aliphatic heterocycles. The predicted molar refractivity (Wildman–Crippen MR) is 99.5 cm³/mol. The molecular weight excluding hydrogens is 310 g/mol. The summed E-state index contributed by atoms with van der Waals surface area (Å²) >= 11 is 0. The van der Waals surface area contributed by atoms with Crippen LogP contribution in [-0.4, -0.2) is 5.71 Å². The maximum atomic E-state index is 5.98. The van der Waals surface area contributed by atoms with Crippen LogP contribution in [-0.2, 0) is 11.4 Å². The van der Waals surface area contributed by atoms with Crippen molar-refractivity contribution in [2.75, 3.05) is 0 Å². The molecule has 0 bridgehead atoms. The first-order chi connectivity index (χ1) is 12.4. The van der Waals surface area contributed by atoms with Gasteiger partial charge in [0.1, 0.15) is 12.2 Å². The summed E-state index contributed by atoms with van der Waals surface area (Å²) in [4.78, 5) is 5.61. The summed E-state index contributed by atoms with van der Waals surface area (Å²) < 4.78 is 5.98. The normalized spacial score (nSPS) is 11.6. The van der Waals surface area contributed by atoms with Crippen LogP contribution in [0.5, 0.6) is 0 Å². The number of benzene rings is 3. The molecule has 3 nitrogen and oxygen atoms in total. The standard InChI is InChI=1S/C22H17NO2/c1-3-9-17(10-4-1)16-24-23-22(18-11-5-2-6-12-18)21-15-19-13-7-8-14-20(19)25-21/h1-15H,16H2/b23-22+. The topological polar surface area (TPSA) is 34.7 Å². The Morgan fingerprint density at radius 3 is 2.24 bits per heavy atom. The Morgan fingerprint density at radius 1 is 0.800 bits per heavy atom. The average molecular weight is 327 g/mol. The Balaban J connectivity index is 1.68. The minimum atomic E-state index is 0.414. The lowest BCUT2D eigenvalue weighted by Crippen LogP contribution is -2.03. The number of rotatable bonds is 5. The molecule has 122 valence electrons. The van der Waals surface area contributed by atoms with E-state index in [0.29, 0.717) is 18.1 Å². The number of nitrogens with zero attached hydrogens (tertiary/aromatic N) is 1. The zero-order chi connectivity index (χ0) is 16.9. The number of oxime groups is 1. The lowest BCUT2D eigenvalue weighted by molar-refractivity contribution is 0.130. The Labute approximate surface area is 146 Å². The third-order valence-corrected chi connectivity index (χ3v) is 3.94. The van der Waals surface area contributed by atoms with E-state index in [9.17, 15) is 0 Å². The molecule has 0 aliphatic rings. The summed E-state index contributed by atoms with van der Waals surface area (Å²) in [7, 11) is 0. The van der Waals surface area contributed by atoms with E-state index in [1.54, 1.807) is 0 Å². The van der Waals surface area contributed by atoms with E-state index in [0.717, 1.165) is 22.1 Å². The first kappa shape index (κ1) is 15.2. The second-order valence-corrected chi connectivity index (χ2v) is 5.71. The molecule has 0 N–H and O–H groups in total. The minimum Gasteiger partial charge on any atom is -0.454 e. The molecule has 0 atom stereocenters. The zero-order valence-corrected chi connectivity index (χ0v) is 13.6. The predicted octanol–water partition coefficient (Wildman–Crippen LogP) is 5.40. The lowest BCUT2D eigenvalue weighted by atomic mass is 10.1. The second-order valence-electron chi connectivity index (χ2n) is 5.71. The van der Waals surface area contributed by atoms with E-state index in [1.165, 1.54) is 0 Å². The van der Waals surface area contributed by atoms with Crippen LogP contribution in [0.3, 0.4) is 0 Å². The first-order valence-electron chi connectivity index (χ1n) is 8.18. The van der Waals surface area contributed by atoms with E-state index in [1.807, 2.05) is 91.0 Å². The molecule has 0 unspecified atom stereocenters. The van der Waals surface area contributed by atoms with Crippen LogP contribution < -0.4 is 0 Å². The van der Waals surface area contributed by atoms with Crippen LogP contribution >= 0.6 is 0 Å². The van der Waals surface area contributed by atoms with Gasteiger partial charge in [0.15, 0.2) is 11.5 Å². The molecule has 0 radical (unpaired) electrons. The number of hydrogen-bond donors (Lipinski definition) is 0. The van der Waals surface area contributed by atoms with Gasteiger partial charge in [0.25, 0.3) is 0 Å². The van der Waals surface area contributed by atoms with Gasteiger partial charge in [-0.1, -0.05) is 84.0 Å². The summed E-state index contributed by atoms with van der Waals surface area (Å²) in [6.07, 6.45) is 0. The molecule has 4 rings (SSSR count). The van der Waals surface area contributed by atoms with Gasteiger partial charge in [0.05, 0.1) is 0 Å². The van der Waals surface area contributed by atoms with Gasteiger partial charge >= 0.3 is 0 Å². The third kappa shape index (κ3) is 3.45. The Morgan fingerprint density at radius 2 is 1.48 bits per heavy atom. The third-order valence-electron chi connectivity index (χ3n) is 3.94. The lowest BCUT2D eigenvalue weighted by Gasteiger charge is -2.05. The summed E-state index contributed by atoms with van der Waals surface area (Å²) in [5.74, 6) is 0.695. The van der Waals surface area contributed by atoms with Crippen molar-refractivity contribution in [3.63, 3.8) is 0 Å². The molecule has 0 aliphatic carbocycles. The molecule has 1 heterocycles. The van der Waals surface area contributed by atoms with Gasteiger partial charge < -0.3 is 9.25 Å². The molecular formula is C22H17NO2. The van der Waals surface area contributed by atoms with Crippen molar-refractivity contribution in [1.29, 1.82) is 0 Å². The van der Waals surface area contributed by atoms with Crippen molar-refractivity contribution >= 4 is 16.7 Å². The summed E-state index contributed by atoms with van der Waals surface area (Å²) in [5.41, 5.74) is 3.55. The van der Waals surface area contributed by atoms with E-state index in [2.05, 4.69) is 5.16 Å². The van der Waals surface area contributed by atoms with Gasteiger partial charge in [0, 0.05) is 10.9 Å². The van der Waals surface area contributed by atoms with Crippen LogP contribution in [0, 0.1) is 0 Å². The number of fused-ring (bicyclic) bond motifs is 1. The fourth-order valence-corrected chi connectivity index (χ4v) is 2.68. The quantitative estimate of drug-likeness (QED) is 0.363. The maximum Gasteiger partial charge on any atom is 0.157 e. The molecule has 1 aromatic heterocycles. The Kier molecular flexibility index (Phi) is 4.29. The van der Waals surface area contributed by atoms with Crippen molar-refractivity contribution in [1.82, 2.24) is 0 Å². The van der Waals surface area contributed by atoms with E-state index >= 15 is 0 Å². The van der Waals surface area contributed by atoms with E-state index in [4.69, 9.17) is 9.25 Å². The molecule has 3 heteroatoms. The van der Waals surface area contributed by atoms with Crippen LogP contribution in [0.15, 0.2) is 101 Å². The molecule has 0 spiro atoms. The van der Waals surface area contributed by atoms with Crippen molar-refractivity contribution in [3.05, 3.63) is 108 Å². The zero-order valence-electron chi connectivity index (χ0n) is 13.6. The van der Waals surface area contributed by atoms with Crippen molar-refractivity contribution in [2.24, 2.45) is 5.16 Å². The van der Waals surface area contributed by atoms with E-state index in [-0.39, 0.29) is 0 Å². The highest BCUT2D eigenvalue weighted by Crippen LogP contribution is 2.22. The van der Waals surface area contributed by atoms with Gasteiger partial charge in [-0.3, -0.25) is 0 Å². The smallest absolute Gasteiger partial charge is 0.157 e. The molecule has 0 fully saturated rings. The second kappa shape index (κ2) is 7.05. The van der Waals surface area contributed by atoms with Gasteiger partial charge in [-0.25, -0.2) is 0 Å². The van der Waals surface area contributed by atoms with Crippen LogP contribution in [0.25, 0.3) is 11.0 Å². The molecule has 0 saturated carbocycles. The van der Waals surface area contributed by atoms with Crippen molar-refractivity contribution in [2.45, 2.75) is 6.61 Å².